The van der Waals surface area contributed by atoms with Crippen LogP contribution in [-0.4, -0.2) is 33.4 Å². The van der Waals surface area contributed by atoms with Crippen molar-refractivity contribution in [2.75, 3.05) is 18.1 Å². The fraction of sp³-hybridized carbons (Fsp3) is 0.333. The Morgan fingerprint density at radius 3 is 2.17 bits per heavy atom. The smallest absolute Gasteiger partial charge is 0.240 e. The fourth-order valence-electron chi connectivity index (χ4n) is 3.11. The molecule has 0 saturated carbocycles. The van der Waals surface area contributed by atoms with Crippen LogP contribution in [-0.2, 0) is 26.0 Å². The second-order valence-electron chi connectivity index (χ2n) is 6.76. The number of sulfonamides is 1. The van der Waals surface area contributed by atoms with Crippen molar-refractivity contribution in [1.29, 1.82) is 0 Å². The summed E-state index contributed by atoms with van der Waals surface area (Å²) in [7, 11) is -3.71. The number of aryl methyl sites for hydroxylation is 1. The zero-order valence-corrected chi connectivity index (χ0v) is 17.1. The Hall–Kier alpha value is -2.71. The first kappa shape index (κ1) is 21.0. The van der Waals surface area contributed by atoms with E-state index in [2.05, 4.69) is 11.6 Å². The molecule has 3 rings (SSSR count). The molecule has 1 aliphatic heterocycles. The van der Waals surface area contributed by atoms with Crippen LogP contribution in [0.4, 0.5) is 5.69 Å². The molecule has 0 aliphatic carbocycles. The highest BCUT2D eigenvalue weighted by molar-refractivity contribution is 7.89. The monoisotopic (exact) mass is 416 g/mol. The van der Waals surface area contributed by atoms with Crippen LogP contribution in [0.1, 0.15) is 31.7 Å². The number of anilines is 1. The minimum atomic E-state index is -3.71. The summed E-state index contributed by atoms with van der Waals surface area (Å²) < 4.78 is 32.9. The molecule has 0 atom stereocenters. The van der Waals surface area contributed by atoms with Gasteiger partial charge in [0.05, 0.1) is 10.6 Å². The van der Waals surface area contributed by atoms with Gasteiger partial charge in [-0.2, -0.15) is 0 Å². The summed E-state index contributed by atoms with van der Waals surface area (Å²) in [6.45, 7) is 2.43. The van der Waals surface area contributed by atoms with Gasteiger partial charge in [0.25, 0.3) is 0 Å². The van der Waals surface area contributed by atoms with Crippen LogP contribution in [0, 0.1) is 0 Å². The largest absolute Gasteiger partial charge is 0.492 e. The Balaban J connectivity index is 1.53. The molecule has 1 N–H and O–H groups in total. The van der Waals surface area contributed by atoms with Crippen molar-refractivity contribution in [2.45, 2.75) is 37.5 Å². The number of rotatable bonds is 9. The van der Waals surface area contributed by atoms with Gasteiger partial charge >= 0.3 is 0 Å². The molecule has 0 bridgehead atoms. The molecule has 29 heavy (non-hydrogen) atoms. The van der Waals surface area contributed by atoms with Crippen molar-refractivity contribution >= 4 is 27.5 Å². The van der Waals surface area contributed by atoms with Crippen molar-refractivity contribution in [3.63, 3.8) is 0 Å². The molecule has 1 saturated heterocycles. The van der Waals surface area contributed by atoms with E-state index in [1.165, 1.54) is 29.8 Å². The summed E-state index contributed by atoms with van der Waals surface area (Å²) in [5, 5.41) is 0. The summed E-state index contributed by atoms with van der Waals surface area (Å²) >= 11 is 0. The summed E-state index contributed by atoms with van der Waals surface area (Å²) in [5.74, 6) is 0.139. The van der Waals surface area contributed by atoms with Crippen molar-refractivity contribution in [3.05, 3.63) is 54.1 Å². The zero-order chi connectivity index (χ0) is 20.9. The first-order chi connectivity index (χ1) is 13.9. The summed E-state index contributed by atoms with van der Waals surface area (Å²) in [6, 6.07) is 13.4. The van der Waals surface area contributed by atoms with Crippen LogP contribution in [0.5, 0.6) is 5.75 Å². The molecule has 0 unspecified atom stereocenters. The van der Waals surface area contributed by atoms with Gasteiger partial charge in [0.1, 0.15) is 12.4 Å². The molecule has 0 aromatic heterocycles. The lowest BCUT2D eigenvalue weighted by Gasteiger charge is -2.14. The average molecular weight is 416 g/mol. The van der Waals surface area contributed by atoms with Crippen molar-refractivity contribution in [1.82, 2.24) is 4.72 Å². The number of nitrogens with zero attached hydrogens (tertiary/aromatic N) is 1. The number of hydrogen-bond acceptors (Lipinski definition) is 5. The average Bonchev–Trinajstić information content (AvgIpc) is 3.05. The zero-order valence-electron chi connectivity index (χ0n) is 16.3. The van der Waals surface area contributed by atoms with Crippen LogP contribution < -0.4 is 14.4 Å². The van der Waals surface area contributed by atoms with Gasteiger partial charge in [-0.3, -0.25) is 14.5 Å². The maximum atomic E-state index is 12.4. The van der Waals surface area contributed by atoms with Crippen LogP contribution >= 0.6 is 0 Å². The Morgan fingerprint density at radius 1 is 0.966 bits per heavy atom. The minimum Gasteiger partial charge on any atom is -0.492 e. The number of amides is 2. The van der Waals surface area contributed by atoms with Crippen LogP contribution in [0.25, 0.3) is 0 Å². The second-order valence-corrected chi connectivity index (χ2v) is 8.52. The maximum Gasteiger partial charge on any atom is 0.240 e. The minimum absolute atomic E-state index is 0.0595. The van der Waals surface area contributed by atoms with E-state index >= 15 is 0 Å². The van der Waals surface area contributed by atoms with Gasteiger partial charge < -0.3 is 4.74 Å². The number of carbonyl (C=O) groups is 2. The molecular weight excluding hydrogens is 392 g/mol. The molecule has 2 aromatic rings. The Labute approximate surface area is 170 Å². The highest BCUT2D eigenvalue weighted by Gasteiger charge is 2.30. The van der Waals surface area contributed by atoms with Crippen LogP contribution in [0.3, 0.4) is 0 Å². The van der Waals surface area contributed by atoms with E-state index in [9.17, 15) is 18.0 Å². The fourth-order valence-corrected chi connectivity index (χ4v) is 4.12. The lowest BCUT2D eigenvalue weighted by atomic mass is 10.1. The number of imide groups is 1. The van der Waals surface area contributed by atoms with E-state index in [-0.39, 0.29) is 42.7 Å². The Morgan fingerprint density at radius 2 is 1.59 bits per heavy atom. The molecule has 0 radical (unpaired) electrons. The van der Waals surface area contributed by atoms with E-state index in [0.717, 1.165) is 17.7 Å². The van der Waals surface area contributed by atoms with E-state index < -0.39 is 10.0 Å². The van der Waals surface area contributed by atoms with Crippen molar-refractivity contribution in [2.24, 2.45) is 0 Å². The highest BCUT2D eigenvalue weighted by Crippen LogP contribution is 2.24. The van der Waals surface area contributed by atoms with E-state index in [0.29, 0.717) is 11.4 Å². The first-order valence-corrected chi connectivity index (χ1v) is 11.1. The van der Waals surface area contributed by atoms with Crippen LogP contribution in [0.2, 0.25) is 0 Å². The predicted octanol–water partition coefficient (Wildman–Crippen LogP) is 2.65. The molecule has 154 valence electrons. The molecular formula is C21H24N2O5S. The lowest BCUT2D eigenvalue weighted by molar-refractivity contribution is -0.121. The molecule has 2 amide bonds. The van der Waals surface area contributed by atoms with Crippen LogP contribution in [0.15, 0.2) is 53.4 Å². The van der Waals surface area contributed by atoms with Crippen molar-refractivity contribution < 1.29 is 22.7 Å². The lowest BCUT2D eigenvalue weighted by Crippen LogP contribution is -2.29. The molecule has 1 fully saturated rings. The molecule has 7 nitrogen and oxygen atoms in total. The molecule has 0 spiro atoms. The summed E-state index contributed by atoms with van der Waals surface area (Å²) in [4.78, 5) is 24.7. The van der Waals surface area contributed by atoms with Crippen molar-refractivity contribution in [3.8, 4) is 5.75 Å². The van der Waals surface area contributed by atoms with Gasteiger partial charge in [0.15, 0.2) is 0 Å². The number of hydrogen-bond donors (Lipinski definition) is 1. The predicted molar refractivity (Wildman–Crippen MR) is 109 cm³/mol. The topological polar surface area (TPSA) is 92.8 Å². The van der Waals surface area contributed by atoms with E-state index in [4.69, 9.17) is 4.74 Å². The highest BCUT2D eigenvalue weighted by atomic mass is 32.2. The van der Waals surface area contributed by atoms with E-state index in [1.807, 2.05) is 24.3 Å². The number of ether oxygens (including phenoxy) is 1. The number of nitrogens with one attached hydrogen (secondary N) is 1. The first-order valence-electron chi connectivity index (χ1n) is 9.58. The molecule has 2 aromatic carbocycles. The Kier molecular flexibility index (Phi) is 6.66. The van der Waals surface area contributed by atoms with Gasteiger partial charge in [-0.05, 0) is 48.4 Å². The van der Waals surface area contributed by atoms with Gasteiger partial charge in [-0.15, -0.1) is 0 Å². The third-order valence-corrected chi connectivity index (χ3v) is 6.06. The Bertz CT molecular complexity index is 953. The standard InChI is InChI=1S/C21H24N2O5S/c1-2-3-16-4-8-18(9-5-16)28-15-14-22-29(26,27)19-10-6-17(7-11-19)23-20(24)12-13-21(23)25/h4-11,22H,2-3,12-15H2,1H3. The van der Waals surface area contributed by atoms with Gasteiger partial charge in [-0.25, -0.2) is 13.1 Å². The van der Waals surface area contributed by atoms with Gasteiger partial charge in [0, 0.05) is 19.4 Å². The third kappa shape index (κ3) is 5.21. The molecule has 1 heterocycles. The van der Waals surface area contributed by atoms with Gasteiger partial charge in [0.2, 0.25) is 21.8 Å². The second kappa shape index (κ2) is 9.19. The normalized spacial score (nSPS) is 14.4. The summed E-state index contributed by atoms with van der Waals surface area (Å²) in [6.07, 6.45) is 2.45. The maximum absolute atomic E-state index is 12.4. The number of benzene rings is 2. The van der Waals surface area contributed by atoms with Gasteiger partial charge in [-0.1, -0.05) is 25.5 Å². The SMILES string of the molecule is CCCc1ccc(OCCNS(=O)(=O)c2ccc(N3C(=O)CCC3=O)cc2)cc1. The molecule has 8 heteroatoms. The third-order valence-electron chi connectivity index (χ3n) is 4.58. The molecule has 1 aliphatic rings. The summed E-state index contributed by atoms with van der Waals surface area (Å²) in [5.41, 5.74) is 1.62. The quantitative estimate of drug-likeness (QED) is 0.501. The number of carbonyl (C=O) groups excluding carboxylic acids is 2. The van der Waals surface area contributed by atoms with E-state index in [1.54, 1.807) is 0 Å².